The molecule has 29 heavy (non-hydrogen) atoms. The zero-order valence-electron chi connectivity index (χ0n) is 16.7. The van der Waals surface area contributed by atoms with Crippen LogP contribution in [0.3, 0.4) is 0 Å². The summed E-state index contributed by atoms with van der Waals surface area (Å²) < 4.78 is 6.76. The molecular weight excluding hydrogens is 396 g/mol. The van der Waals surface area contributed by atoms with Crippen molar-refractivity contribution in [3.05, 3.63) is 40.3 Å². The van der Waals surface area contributed by atoms with E-state index in [-0.39, 0.29) is 22.6 Å². The normalized spacial score (nSPS) is 11.0. The first-order valence-corrected chi connectivity index (χ1v) is 9.25. The van der Waals surface area contributed by atoms with Crippen LogP contribution in [-0.4, -0.2) is 38.8 Å². The first-order valence-electron chi connectivity index (χ1n) is 8.87. The molecule has 3 heterocycles. The Balaban J connectivity index is 1.85. The third kappa shape index (κ3) is 4.29. The summed E-state index contributed by atoms with van der Waals surface area (Å²) >= 11 is 5.89. The maximum absolute atomic E-state index is 12.6. The number of fused-ring (bicyclic) bond motifs is 1. The van der Waals surface area contributed by atoms with Gasteiger partial charge in [-0.25, -0.2) is 14.8 Å². The van der Waals surface area contributed by atoms with Crippen LogP contribution in [0.4, 0.5) is 10.5 Å². The van der Waals surface area contributed by atoms with Crippen LogP contribution in [0.5, 0.6) is 5.88 Å². The van der Waals surface area contributed by atoms with E-state index in [4.69, 9.17) is 16.3 Å². The van der Waals surface area contributed by atoms with Crippen molar-refractivity contribution in [1.82, 2.24) is 25.1 Å². The quantitative estimate of drug-likeness (QED) is 0.630. The second-order valence-electron chi connectivity index (χ2n) is 6.79. The molecule has 3 rings (SSSR count). The van der Waals surface area contributed by atoms with Gasteiger partial charge in [0.15, 0.2) is 0 Å². The first kappa shape index (κ1) is 20.5. The molecule has 0 fully saturated rings. The standard InChI is InChI=1S/C19H21ClN6O3/c1-9(2)12-8-13(22-16-10(3)25-26(4)17(12)16)18(27)24-19(28)21-11-6-14(20)23-15(7-11)29-5/h6-9H,1-5H3,(H2,21,23,24,27,28). The van der Waals surface area contributed by atoms with E-state index in [9.17, 15) is 9.59 Å². The highest BCUT2D eigenvalue weighted by Gasteiger charge is 2.20. The summed E-state index contributed by atoms with van der Waals surface area (Å²) in [4.78, 5) is 33.2. The highest BCUT2D eigenvalue weighted by Crippen LogP contribution is 2.27. The van der Waals surface area contributed by atoms with Crippen molar-refractivity contribution in [2.24, 2.45) is 7.05 Å². The molecular formula is C19H21ClN6O3. The number of nitrogens with one attached hydrogen (secondary N) is 2. The minimum Gasteiger partial charge on any atom is -0.481 e. The average molecular weight is 417 g/mol. The van der Waals surface area contributed by atoms with E-state index in [0.29, 0.717) is 16.9 Å². The Labute approximate surface area is 172 Å². The average Bonchev–Trinajstić information content (AvgIpc) is 2.94. The van der Waals surface area contributed by atoms with Crippen molar-refractivity contribution in [1.29, 1.82) is 0 Å². The Morgan fingerprint density at radius 3 is 2.59 bits per heavy atom. The van der Waals surface area contributed by atoms with Crippen LogP contribution in [0.1, 0.15) is 41.5 Å². The molecule has 0 aliphatic heterocycles. The second-order valence-corrected chi connectivity index (χ2v) is 7.17. The zero-order chi connectivity index (χ0) is 21.3. The second kappa shape index (κ2) is 8.04. The Kier molecular flexibility index (Phi) is 5.69. The minimum atomic E-state index is -0.727. The van der Waals surface area contributed by atoms with E-state index in [1.807, 2.05) is 27.8 Å². The third-order valence-electron chi connectivity index (χ3n) is 4.31. The molecule has 152 valence electrons. The monoisotopic (exact) mass is 416 g/mol. The Morgan fingerprint density at radius 2 is 1.93 bits per heavy atom. The number of hydrogen-bond acceptors (Lipinski definition) is 6. The van der Waals surface area contributed by atoms with Crippen molar-refractivity contribution in [2.75, 3.05) is 12.4 Å². The first-order chi connectivity index (χ1) is 13.7. The van der Waals surface area contributed by atoms with Gasteiger partial charge in [-0.05, 0) is 30.5 Å². The number of urea groups is 1. The molecule has 10 heteroatoms. The van der Waals surface area contributed by atoms with Crippen LogP contribution < -0.4 is 15.4 Å². The minimum absolute atomic E-state index is 0.137. The molecule has 0 bridgehead atoms. The number of pyridine rings is 2. The number of anilines is 1. The Morgan fingerprint density at radius 1 is 1.21 bits per heavy atom. The van der Waals surface area contributed by atoms with Crippen LogP contribution in [0.2, 0.25) is 5.15 Å². The number of rotatable bonds is 4. The van der Waals surface area contributed by atoms with Gasteiger partial charge in [0, 0.05) is 13.1 Å². The summed E-state index contributed by atoms with van der Waals surface area (Å²) in [7, 11) is 3.27. The van der Waals surface area contributed by atoms with Crippen molar-refractivity contribution in [3.8, 4) is 5.88 Å². The predicted octanol–water partition coefficient (Wildman–Crippen LogP) is 3.42. The van der Waals surface area contributed by atoms with Gasteiger partial charge in [-0.3, -0.25) is 14.8 Å². The summed E-state index contributed by atoms with van der Waals surface area (Å²) in [5, 5.41) is 9.34. The summed E-state index contributed by atoms with van der Waals surface area (Å²) in [5.41, 5.74) is 3.61. The van der Waals surface area contributed by atoms with Gasteiger partial charge in [-0.2, -0.15) is 5.10 Å². The maximum atomic E-state index is 12.6. The lowest BCUT2D eigenvalue weighted by Crippen LogP contribution is -2.35. The fourth-order valence-electron chi connectivity index (χ4n) is 3.01. The van der Waals surface area contributed by atoms with Crippen molar-refractivity contribution < 1.29 is 14.3 Å². The van der Waals surface area contributed by atoms with Gasteiger partial charge in [-0.1, -0.05) is 25.4 Å². The van der Waals surface area contributed by atoms with E-state index in [2.05, 4.69) is 25.7 Å². The lowest BCUT2D eigenvalue weighted by molar-refractivity contribution is 0.0962. The summed E-state index contributed by atoms with van der Waals surface area (Å²) in [6.07, 6.45) is 0. The Bertz CT molecular complexity index is 1110. The van der Waals surface area contributed by atoms with Crippen molar-refractivity contribution >= 4 is 40.3 Å². The highest BCUT2D eigenvalue weighted by atomic mass is 35.5. The highest BCUT2D eigenvalue weighted by molar-refractivity contribution is 6.29. The number of aromatic nitrogens is 4. The molecule has 0 aromatic carbocycles. The molecule has 0 saturated heterocycles. The van der Waals surface area contributed by atoms with Gasteiger partial charge in [0.1, 0.15) is 16.4 Å². The molecule has 0 unspecified atom stereocenters. The fraction of sp³-hybridized carbons (Fsp3) is 0.316. The third-order valence-corrected chi connectivity index (χ3v) is 4.50. The topological polar surface area (TPSA) is 111 Å². The Hall–Kier alpha value is -3.20. The lowest BCUT2D eigenvalue weighted by atomic mass is 10.0. The van der Waals surface area contributed by atoms with Gasteiger partial charge in [0.25, 0.3) is 5.91 Å². The van der Waals surface area contributed by atoms with Gasteiger partial charge < -0.3 is 10.1 Å². The number of amides is 3. The van der Waals surface area contributed by atoms with Crippen LogP contribution in [0, 0.1) is 6.92 Å². The number of ether oxygens (including phenoxy) is 1. The van der Waals surface area contributed by atoms with Gasteiger partial charge in [-0.15, -0.1) is 0 Å². The SMILES string of the molecule is COc1cc(NC(=O)NC(=O)c2cc(C(C)C)c3c(n2)c(C)nn3C)cc(Cl)n1. The zero-order valence-corrected chi connectivity index (χ0v) is 17.5. The molecule has 0 atom stereocenters. The van der Waals surface area contributed by atoms with E-state index >= 15 is 0 Å². The fourth-order valence-corrected chi connectivity index (χ4v) is 3.21. The van der Waals surface area contributed by atoms with E-state index in [0.717, 1.165) is 11.1 Å². The van der Waals surface area contributed by atoms with Crippen LogP contribution in [0.25, 0.3) is 11.0 Å². The molecule has 0 spiro atoms. The molecule has 3 aromatic heterocycles. The number of aryl methyl sites for hydroxylation is 2. The maximum Gasteiger partial charge on any atom is 0.326 e. The lowest BCUT2D eigenvalue weighted by Gasteiger charge is -2.12. The van der Waals surface area contributed by atoms with E-state index in [1.165, 1.54) is 19.2 Å². The number of hydrogen-bond donors (Lipinski definition) is 2. The number of nitrogens with zero attached hydrogens (tertiary/aromatic N) is 4. The largest absolute Gasteiger partial charge is 0.481 e. The smallest absolute Gasteiger partial charge is 0.326 e. The number of halogens is 1. The van der Waals surface area contributed by atoms with E-state index < -0.39 is 11.9 Å². The van der Waals surface area contributed by atoms with Crippen LogP contribution in [0.15, 0.2) is 18.2 Å². The van der Waals surface area contributed by atoms with Crippen molar-refractivity contribution in [3.63, 3.8) is 0 Å². The van der Waals surface area contributed by atoms with Gasteiger partial charge in [0.05, 0.1) is 24.0 Å². The summed E-state index contributed by atoms with van der Waals surface area (Å²) in [6, 6.07) is 3.88. The number of carbonyl (C=O) groups excluding carboxylic acids is 2. The summed E-state index contributed by atoms with van der Waals surface area (Å²) in [6.45, 7) is 5.87. The van der Waals surface area contributed by atoms with Crippen molar-refractivity contribution in [2.45, 2.75) is 26.7 Å². The predicted molar refractivity (Wildman–Crippen MR) is 110 cm³/mol. The van der Waals surface area contributed by atoms with Gasteiger partial charge in [0.2, 0.25) is 5.88 Å². The van der Waals surface area contributed by atoms with Gasteiger partial charge >= 0.3 is 6.03 Å². The van der Waals surface area contributed by atoms with E-state index in [1.54, 1.807) is 10.7 Å². The molecule has 9 nitrogen and oxygen atoms in total. The molecule has 0 aliphatic rings. The molecule has 0 radical (unpaired) electrons. The molecule has 0 saturated carbocycles. The number of methoxy groups -OCH3 is 1. The van der Waals surface area contributed by atoms with Crippen LogP contribution >= 0.6 is 11.6 Å². The van der Waals surface area contributed by atoms with Crippen LogP contribution in [-0.2, 0) is 7.05 Å². The molecule has 3 aromatic rings. The molecule has 3 amide bonds. The molecule has 0 aliphatic carbocycles. The number of imide groups is 1. The number of carbonyl (C=O) groups is 2. The summed E-state index contributed by atoms with van der Waals surface area (Å²) in [5.74, 6) is -0.247. The molecule has 2 N–H and O–H groups in total.